The fourth-order valence-electron chi connectivity index (χ4n) is 3.01. The first-order valence-corrected chi connectivity index (χ1v) is 8.18. The Hall–Kier alpha value is -2.07. The molecule has 126 valence electrons. The number of halogens is 2. The molecule has 0 fully saturated rings. The van der Waals surface area contributed by atoms with Crippen LogP contribution in [0.15, 0.2) is 36.4 Å². The van der Waals surface area contributed by atoms with E-state index in [2.05, 4.69) is 5.32 Å². The van der Waals surface area contributed by atoms with Crippen molar-refractivity contribution in [2.45, 2.75) is 38.8 Å². The monoisotopic (exact) mass is 347 g/mol. The van der Waals surface area contributed by atoms with Crippen molar-refractivity contribution in [2.24, 2.45) is 0 Å². The third-order valence-electron chi connectivity index (χ3n) is 4.10. The molecule has 3 nitrogen and oxygen atoms in total. The van der Waals surface area contributed by atoms with Gasteiger partial charge in [-0.05, 0) is 45.0 Å². The van der Waals surface area contributed by atoms with E-state index in [1.165, 1.54) is 12.1 Å². The molecular formula is C19H19ClFNO2. The maximum absolute atomic E-state index is 14.0. The molecule has 1 heterocycles. The molecule has 0 bridgehead atoms. The molecule has 1 amide bonds. The molecule has 0 unspecified atom stereocenters. The number of carbonyl (C=O) groups is 1. The zero-order chi connectivity index (χ0) is 17.5. The molecule has 0 saturated heterocycles. The summed E-state index contributed by atoms with van der Waals surface area (Å²) in [5.74, 6) is -0.339. The second-order valence-electron chi connectivity index (χ2n) is 6.76. The van der Waals surface area contributed by atoms with E-state index >= 15 is 0 Å². The fourth-order valence-corrected chi connectivity index (χ4v) is 3.17. The van der Waals surface area contributed by atoms with Crippen LogP contribution in [0.1, 0.15) is 47.8 Å². The Morgan fingerprint density at radius 1 is 1.29 bits per heavy atom. The van der Waals surface area contributed by atoms with E-state index in [4.69, 9.17) is 16.3 Å². The Labute approximate surface area is 145 Å². The first-order valence-electron chi connectivity index (χ1n) is 7.81. The molecule has 0 aromatic heterocycles. The van der Waals surface area contributed by atoms with E-state index in [0.717, 1.165) is 22.9 Å². The van der Waals surface area contributed by atoms with Crippen molar-refractivity contribution < 1.29 is 13.9 Å². The highest BCUT2D eigenvalue weighted by molar-refractivity contribution is 6.30. The summed E-state index contributed by atoms with van der Waals surface area (Å²) in [6.45, 7) is 5.92. The molecule has 0 radical (unpaired) electrons. The second kappa shape index (κ2) is 6.10. The minimum atomic E-state index is -0.629. The number of ether oxygens (including phenoxy) is 1. The number of aryl methyl sites for hydroxylation is 1. The Kier molecular flexibility index (Phi) is 4.26. The van der Waals surface area contributed by atoms with Crippen molar-refractivity contribution >= 4 is 17.5 Å². The molecule has 3 rings (SSSR count). The molecule has 0 saturated carbocycles. The van der Waals surface area contributed by atoms with Crippen LogP contribution in [0.2, 0.25) is 5.02 Å². The lowest BCUT2D eigenvalue weighted by Gasteiger charge is -2.38. The number of amides is 1. The smallest absolute Gasteiger partial charge is 0.254 e. The zero-order valence-corrected chi connectivity index (χ0v) is 14.6. The van der Waals surface area contributed by atoms with Gasteiger partial charge < -0.3 is 10.1 Å². The van der Waals surface area contributed by atoms with Gasteiger partial charge in [0.2, 0.25) is 0 Å². The molecule has 1 N–H and O–H groups in total. The summed E-state index contributed by atoms with van der Waals surface area (Å²) in [4.78, 5) is 12.5. The van der Waals surface area contributed by atoms with Crippen LogP contribution in [0, 0.1) is 12.7 Å². The average Bonchev–Trinajstić information content (AvgIpc) is 2.47. The van der Waals surface area contributed by atoms with Gasteiger partial charge in [0.05, 0.1) is 11.6 Å². The van der Waals surface area contributed by atoms with Crippen molar-refractivity contribution in [3.05, 3.63) is 63.9 Å². The van der Waals surface area contributed by atoms with E-state index in [0.29, 0.717) is 6.42 Å². The van der Waals surface area contributed by atoms with Crippen LogP contribution in [0.5, 0.6) is 5.75 Å². The topological polar surface area (TPSA) is 38.3 Å². The van der Waals surface area contributed by atoms with Crippen LogP contribution in [0.25, 0.3) is 0 Å². The number of nitrogens with one attached hydrogen (secondary N) is 1. The zero-order valence-electron chi connectivity index (χ0n) is 13.8. The van der Waals surface area contributed by atoms with Crippen LogP contribution in [0.4, 0.5) is 4.39 Å². The number of benzene rings is 2. The van der Waals surface area contributed by atoms with E-state index in [1.54, 1.807) is 0 Å². The standard InChI is InChI=1S/C19H19ClFNO2/c1-11-4-7-17-14(8-11)16(10-19(2,3)24-17)22-18(23)13-6-5-12(20)9-15(13)21/h4-9,16H,10H2,1-3H3,(H,22,23)/t16-/m1/s1. The van der Waals surface area contributed by atoms with Crippen LogP contribution in [-0.2, 0) is 0 Å². The van der Waals surface area contributed by atoms with Crippen LogP contribution >= 0.6 is 11.6 Å². The van der Waals surface area contributed by atoms with Gasteiger partial charge in [0.15, 0.2) is 0 Å². The largest absolute Gasteiger partial charge is 0.487 e. The average molecular weight is 348 g/mol. The Bertz CT molecular complexity index is 804. The van der Waals surface area contributed by atoms with Gasteiger partial charge in [-0.15, -0.1) is 0 Å². The normalized spacial score (nSPS) is 18.5. The lowest BCUT2D eigenvalue weighted by atomic mass is 9.88. The predicted molar refractivity (Wildman–Crippen MR) is 92.1 cm³/mol. The number of rotatable bonds is 2. The molecule has 5 heteroatoms. The first kappa shape index (κ1) is 16.8. The van der Waals surface area contributed by atoms with E-state index in [9.17, 15) is 9.18 Å². The molecule has 1 atom stereocenters. The van der Waals surface area contributed by atoms with Crippen molar-refractivity contribution in [3.63, 3.8) is 0 Å². The van der Waals surface area contributed by atoms with Gasteiger partial charge in [0.1, 0.15) is 17.2 Å². The number of fused-ring (bicyclic) bond motifs is 1. The third kappa shape index (κ3) is 3.39. The summed E-state index contributed by atoms with van der Waals surface area (Å²) in [7, 11) is 0. The van der Waals surface area contributed by atoms with Crippen LogP contribution in [0.3, 0.4) is 0 Å². The quantitative estimate of drug-likeness (QED) is 0.845. The van der Waals surface area contributed by atoms with Gasteiger partial charge in [-0.2, -0.15) is 0 Å². The van der Waals surface area contributed by atoms with Gasteiger partial charge >= 0.3 is 0 Å². The van der Waals surface area contributed by atoms with Gasteiger partial charge in [-0.3, -0.25) is 4.79 Å². The lowest BCUT2D eigenvalue weighted by molar-refractivity contribution is 0.0618. The molecule has 2 aromatic rings. The van der Waals surface area contributed by atoms with Gasteiger partial charge in [0.25, 0.3) is 5.91 Å². The van der Waals surface area contributed by atoms with Crippen molar-refractivity contribution in [1.29, 1.82) is 0 Å². The highest BCUT2D eigenvalue weighted by Crippen LogP contribution is 2.40. The van der Waals surface area contributed by atoms with Gasteiger partial charge in [-0.25, -0.2) is 4.39 Å². The molecule has 1 aliphatic heterocycles. The van der Waals surface area contributed by atoms with Crippen LogP contribution < -0.4 is 10.1 Å². The molecule has 1 aliphatic rings. The highest BCUT2D eigenvalue weighted by Gasteiger charge is 2.35. The van der Waals surface area contributed by atoms with Crippen molar-refractivity contribution in [1.82, 2.24) is 5.32 Å². The Balaban J connectivity index is 1.91. The summed E-state index contributed by atoms with van der Waals surface area (Å²) >= 11 is 5.75. The molecule has 0 spiro atoms. The maximum Gasteiger partial charge on any atom is 0.254 e. The van der Waals surface area contributed by atoms with Crippen LogP contribution in [-0.4, -0.2) is 11.5 Å². The Morgan fingerprint density at radius 2 is 2.04 bits per heavy atom. The van der Waals surface area contributed by atoms with Gasteiger partial charge in [-0.1, -0.05) is 29.3 Å². The van der Waals surface area contributed by atoms with Gasteiger partial charge in [0, 0.05) is 17.0 Å². The maximum atomic E-state index is 14.0. The lowest BCUT2D eigenvalue weighted by Crippen LogP contribution is -2.41. The summed E-state index contributed by atoms with van der Waals surface area (Å²) in [5.41, 5.74) is 1.56. The van der Waals surface area contributed by atoms with E-state index in [-0.39, 0.29) is 16.6 Å². The van der Waals surface area contributed by atoms with Crippen molar-refractivity contribution in [3.8, 4) is 5.75 Å². The van der Waals surface area contributed by atoms with E-state index in [1.807, 2.05) is 39.0 Å². The highest BCUT2D eigenvalue weighted by atomic mass is 35.5. The number of hydrogen-bond acceptors (Lipinski definition) is 2. The minimum Gasteiger partial charge on any atom is -0.487 e. The molecule has 0 aliphatic carbocycles. The SMILES string of the molecule is Cc1ccc2c(c1)[C@H](NC(=O)c1ccc(Cl)cc1F)CC(C)(C)O2. The summed E-state index contributed by atoms with van der Waals surface area (Å²) in [6.07, 6.45) is 0.602. The first-order chi connectivity index (χ1) is 11.2. The van der Waals surface area contributed by atoms with E-state index < -0.39 is 17.3 Å². The minimum absolute atomic E-state index is 0.0158. The number of hydrogen-bond donors (Lipinski definition) is 1. The second-order valence-corrected chi connectivity index (χ2v) is 7.19. The Morgan fingerprint density at radius 3 is 2.75 bits per heavy atom. The molecule has 24 heavy (non-hydrogen) atoms. The summed E-state index contributed by atoms with van der Waals surface area (Å²) < 4.78 is 20.0. The van der Waals surface area contributed by atoms with Crippen molar-refractivity contribution in [2.75, 3.05) is 0 Å². The number of carbonyl (C=O) groups excluding carboxylic acids is 1. The summed E-state index contributed by atoms with van der Waals surface area (Å²) in [5, 5.41) is 3.19. The summed E-state index contributed by atoms with van der Waals surface area (Å²) in [6, 6.07) is 9.67. The third-order valence-corrected chi connectivity index (χ3v) is 4.34. The fraction of sp³-hybridized carbons (Fsp3) is 0.316. The molecular weight excluding hydrogens is 329 g/mol. The molecule has 2 aromatic carbocycles. The predicted octanol–water partition coefficient (Wildman–Crippen LogP) is 4.82.